The number of nitrogens with zero attached hydrogens (tertiary/aromatic N) is 1. The maximum Gasteiger partial charge on any atom is 0.428 e. The van der Waals surface area contributed by atoms with Gasteiger partial charge >= 0.3 is 12.1 Å². The first-order valence-electron chi connectivity index (χ1n) is 8.72. The van der Waals surface area contributed by atoms with Crippen molar-refractivity contribution < 1.29 is 27.8 Å². The number of rotatable bonds is 3. The summed E-state index contributed by atoms with van der Waals surface area (Å²) < 4.78 is 46.3. The third-order valence-corrected chi connectivity index (χ3v) is 4.78. The predicted octanol–water partition coefficient (Wildman–Crippen LogP) is 2.41. The van der Waals surface area contributed by atoms with Crippen LogP contribution in [-0.4, -0.2) is 39.0 Å². The van der Waals surface area contributed by atoms with Crippen LogP contribution in [0.2, 0.25) is 0 Å². The van der Waals surface area contributed by atoms with Crippen LogP contribution in [0.25, 0.3) is 10.9 Å². The molecule has 0 aromatic carbocycles. The van der Waals surface area contributed by atoms with Gasteiger partial charge in [0.05, 0.1) is 17.7 Å². The summed E-state index contributed by atoms with van der Waals surface area (Å²) >= 11 is 0. The van der Waals surface area contributed by atoms with Gasteiger partial charge in [-0.15, -0.1) is 0 Å². The average Bonchev–Trinajstić information content (AvgIpc) is 3.39. The molecule has 0 bridgehead atoms. The Morgan fingerprint density at radius 3 is 2.61 bits per heavy atom. The van der Waals surface area contributed by atoms with E-state index in [-0.39, 0.29) is 41.5 Å². The van der Waals surface area contributed by atoms with Crippen LogP contribution >= 0.6 is 0 Å². The van der Waals surface area contributed by atoms with E-state index >= 15 is 0 Å². The molecule has 2 aromatic rings. The van der Waals surface area contributed by atoms with Crippen molar-refractivity contribution in [3.05, 3.63) is 33.4 Å². The number of aryl methyl sites for hydroxylation is 2. The number of esters is 1. The third-order valence-electron chi connectivity index (χ3n) is 4.78. The molecule has 28 heavy (non-hydrogen) atoms. The standard InChI is InChI=1S/C19H19F3N2O4/c1-4-28-17(26)13-10(2)23-15-14(13)11(9-24(3)16(15)25)7-8-18(27,12-5-6-12)19(20,21)22/h9,12,23,27H,4-6H2,1-3H3. The first-order valence-corrected chi connectivity index (χ1v) is 8.72. The molecule has 0 spiro atoms. The highest BCUT2D eigenvalue weighted by Gasteiger charge is 2.61. The zero-order valence-corrected chi connectivity index (χ0v) is 15.5. The molecule has 1 saturated carbocycles. The first kappa shape index (κ1) is 20.0. The largest absolute Gasteiger partial charge is 0.462 e. The summed E-state index contributed by atoms with van der Waals surface area (Å²) in [5, 5.41) is 10.2. The minimum Gasteiger partial charge on any atom is -0.462 e. The SMILES string of the molecule is CCOC(=O)c1c(C)[nH]c2c(=O)n(C)cc(C#CC(O)(C3CC3)C(F)(F)F)c12. The Bertz CT molecular complexity index is 1070. The van der Waals surface area contributed by atoms with E-state index in [1.54, 1.807) is 13.8 Å². The van der Waals surface area contributed by atoms with Gasteiger partial charge < -0.3 is 19.4 Å². The Morgan fingerprint density at radius 1 is 1.43 bits per heavy atom. The molecule has 3 rings (SSSR count). The number of aromatic nitrogens is 2. The predicted molar refractivity (Wildman–Crippen MR) is 94.8 cm³/mol. The van der Waals surface area contributed by atoms with Gasteiger partial charge in [0.2, 0.25) is 5.60 Å². The van der Waals surface area contributed by atoms with E-state index in [1.807, 2.05) is 5.92 Å². The molecule has 150 valence electrons. The molecule has 2 N–H and O–H groups in total. The lowest BCUT2D eigenvalue weighted by Gasteiger charge is -2.24. The number of nitrogens with one attached hydrogen (secondary N) is 1. The van der Waals surface area contributed by atoms with Crippen LogP contribution < -0.4 is 5.56 Å². The molecule has 1 unspecified atom stereocenters. The molecular formula is C19H19F3N2O4. The number of pyridine rings is 1. The summed E-state index contributed by atoms with van der Waals surface area (Å²) in [4.78, 5) is 27.5. The van der Waals surface area contributed by atoms with Crippen LogP contribution in [0, 0.1) is 24.7 Å². The maximum atomic E-state index is 13.4. The molecule has 9 heteroatoms. The topological polar surface area (TPSA) is 84.3 Å². The summed E-state index contributed by atoms with van der Waals surface area (Å²) in [6, 6.07) is 0. The van der Waals surface area contributed by atoms with E-state index in [0.717, 1.165) is 4.57 Å². The van der Waals surface area contributed by atoms with Gasteiger partial charge in [-0.3, -0.25) is 4.79 Å². The van der Waals surface area contributed by atoms with Crippen LogP contribution in [-0.2, 0) is 11.8 Å². The summed E-state index contributed by atoms with van der Waals surface area (Å²) in [5.41, 5.74) is -3.16. The zero-order chi connectivity index (χ0) is 20.9. The minimum atomic E-state index is -4.92. The van der Waals surface area contributed by atoms with Gasteiger partial charge in [-0.2, -0.15) is 13.2 Å². The van der Waals surface area contributed by atoms with Crippen LogP contribution in [0.3, 0.4) is 0 Å². The number of carbonyl (C=O) groups is 1. The van der Waals surface area contributed by atoms with Gasteiger partial charge in [0, 0.05) is 30.2 Å². The molecular weight excluding hydrogens is 377 g/mol. The molecule has 6 nitrogen and oxygen atoms in total. The number of carbonyl (C=O) groups excluding carboxylic acids is 1. The molecule has 0 radical (unpaired) electrons. The fraction of sp³-hybridized carbons (Fsp3) is 0.474. The van der Waals surface area contributed by atoms with Crippen LogP contribution in [0.15, 0.2) is 11.0 Å². The summed E-state index contributed by atoms with van der Waals surface area (Å²) in [7, 11) is 1.42. The van der Waals surface area contributed by atoms with E-state index in [4.69, 9.17) is 4.74 Å². The fourth-order valence-electron chi connectivity index (χ4n) is 3.17. The van der Waals surface area contributed by atoms with E-state index < -0.39 is 29.2 Å². The number of fused-ring (bicyclic) bond motifs is 1. The van der Waals surface area contributed by atoms with E-state index in [2.05, 4.69) is 10.9 Å². The van der Waals surface area contributed by atoms with Crippen LogP contribution in [0.4, 0.5) is 13.2 Å². The highest BCUT2D eigenvalue weighted by atomic mass is 19.4. The molecule has 0 saturated heterocycles. The van der Waals surface area contributed by atoms with Gasteiger partial charge in [0.15, 0.2) is 0 Å². The number of alkyl halides is 3. The lowest BCUT2D eigenvalue weighted by Crippen LogP contribution is -2.46. The molecule has 1 fully saturated rings. The molecule has 1 atom stereocenters. The highest BCUT2D eigenvalue weighted by molar-refractivity contribution is 6.07. The average molecular weight is 396 g/mol. The lowest BCUT2D eigenvalue weighted by molar-refractivity contribution is -0.242. The molecule has 1 aliphatic rings. The number of H-pyrrole nitrogens is 1. The second kappa shape index (κ2) is 6.71. The molecule has 2 heterocycles. The van der Waals surface area contributed by atoms with Crippen molar-refractivity contribution in [1.29, 1.82) is 0 Å². The van der Waals surface area contributed by atoms with Gasteiger partial charge in [-0.05, 0) is 26.7 Å². The van der Waals surface area contributed by atoms with Crippen molar-refractivity contribution in [3.8, 4) is 11.8 Å². The number of hydrogen-bond donors (Lipinski definition) is 2. The van der Waals surface area contributed by atoms with Crippen LogP contribution in [0.1, 0.15) is 41.4 Å². The van der Waals surface area contributed by atoms with Crippen molar-refractivity contribution in [2.75, 3.05) is 6.61 Å². The zero-order valence-electron chi connectivity index (χ0n) is 15.5. The third kappa shape index (κ3) is 3.18. The smallest absolute Gasteiger partial charge is 0.428 e. The Labute approximate surface area is 158 Å². The van der Waals surface area contributed by atoms with Crippen LogP contribution in [0.5, 0.6) is 0 Å². The van der Waals surface area contributed by atoms with Crippen molar-refractivity contribution in [2.45, 2.75) is 38.5 Å². The molecule has 2 aromatic heterocycles. The number of hydrogen-bond acceptors (Lipinski definition) is 4. The summed E-state index contributed by atoms with van der Waals surface area (Å²) in [6.07, 6.45) is -3.22. The Kier molecular flexibility index (Phi) is 4.79. The van der Waals surface area contributed by atoms with E-state index in [9.17, 15) is 27.9 Å². The number of ether oxygens (including phenoxy) is 1. The summed E-state index contributed by atoms with van der Waals surface area (Å²) in [5.74, 6) is 2.63. The first-order chi connectivity index (χ1) is 13.0. The Hall–Kier alpha value is -2.73. The number of halogens is 3. The quantitative estimate of drug-likeness (QED) is 0.617. The molecule has 1 aliphatic carbocycles. The van der Waals surface area contributed by atoms with Crippen molar-refractivity contribution in [3.63, 3.8) is 0 Å². The normalized spacial score (nSPS) is 16.4. The molecule has 0 aliphatic heterocycles. The van der Waals surface area contributed by atoms with Gasteiger partial charge in [0.1, 0.15) is 5.52 Å². The minimum absolute atomic E-state index is 0.0211. The Balaban J connectivity index is 2.26. The number of aromatic amines is 1. The second-order valence-electron chi connectivity index (χ2n) is 6.84. The van der Waals surface area contributed by atoms with Gasteiger partial charge in [-0.1, -0.05) is 11.8 Å². The Morgan fingerprint density at radius 2 is 2.07 bits per heavy atom. The summed E-state index contributed by atoms with van der Waals surface area (Å²) in [6.45, 7) is 3.26. The lowest BCUT2D eigenvalue weighted by atomic mass is 9.97. The molecule has 0 amide bonds. The van der Waals surface area contributed by atoms with Crippen molar-refractivity contribution in [1.82, 2.24) is 9.55 Å². The maximum absolute atomic E-state index is 13.4. The fourth-order valence-corrected chi connectivity index (χ4v) is 3.17. The van der Waals surface area contributed by atoms with Crippen molar-refractivity contribution in [2.24, 2.45) is 13.0 Å². The number of aliphatic hydroxyl groups is 1. The van der Waals surface area contributed by atoms with E-state index in [0.29, 0.717) is 5.69 Å². The highest BCUT2D eigenvalue weighted by Crippen LogP contribution is 2.48. The monoisotopic (exact) mass is 396 g/mol. The van der Waals surface area contributed by atoms with E-state index in [1.165, 1.54) is 13.2 Å². The van der Waals surface area contributed by atoms with Gasteiger partial charge in [-0.25, -0.2) is 4.79 Å². The second-order valence-corrected chi connectivity index (χ2v) is 6.84. The van der Waals surface area contributed by atoms with Crippen molar-refractivity contribution >= 4 is 16.9 Å². The van der Waals surface area contributed by atoms with Gasteiger partial charge in [0.25, 0.3) is 5.56 Å².